The van der Waals surface area contributed by atoms with Gasteiger partial charge in [0.05, 0.1) is 5.92 Å². The number of nitrogens with zero attached hydrogens (tertiary/aromatic N) is 2. The molecule has 1 fully saturated rings. The van der Waals surface area contributed by atoms with Crippen LogP contribution < -0.4 is 0 Å². The van der Waals surface area contributed by atoms with Gasteiger partial charge in [0.25, 0.3) is 5.54 Å². The maximum absolute atomic E-state index is 13.4. The molecule has 7 heteroatoms. The first-order valence-corrected chi connectivity index (χ1v) is 9.79. The van der Waals surface area contributed by atoms with E-state index in [4.69, 9.17) is 11.6 Å². The summed E-state index contributed by atoms with van der Waals surface area (Å²) in [7, 11) is 0. The molecular formula is C22H17ClN2O4. The summed E-state index contributed by atoms with van der Waals surface area (Å²) in [5.41, 5.74) is 0.782. The fourth-order valence-electron chi connectivity index (χ4n) is 5.50. The summed E-state index contributed by atoms with van der Waals surface area (Å²) in [6, 6.07) is 14.3. The molecule has 4 aliphatic rings. The molecule has 2 atom stereocenters. The Morgan fingerprint density at radius 1 is 1.10 bits per heavy atom. The highest BCUT2D eigenvalue weighted by Gasteiger charge is 2.74. The van der Waals surface area contributed by atoms with Crippen LogP contribution in [0.2, 0.25) is 0 Å². The lowest BCUT2D eigenvalue weighted by molar-refractivity contribution is -0.578. The number of imide groups is 1. The smallest absolute Gasteiger partial charge is 0.278 e. The van der Waals surface area contributed by atoms with Crippen molar-refractivity contribution in [2.75, 3.05) is 6.54 Å². The molecule has 146 valence electrons. The maximum Gasteiger partial charge on any atom is 0.284 e. The highest BCUT2D eigenvalue weighted by Crippen LogP contribution is 2.64. The predicted molar refractivity (Wildman–Crippen MR) is 106 cm³/mol. The molecule has 2 amide bonds. The van der Waals surface area contributed by atoms with Crippen molar-refractivity contribution in [2.24, 2.45) is 11.8 Å². The Kier molecular flexibility index (Phi) is 3.74. The van der Waals surface area contributed by atoms with Gasteiger partial charge in [-0.05, 0) is 18.1 Å². The molecule has 0 aromatic heterocycles. The van der Waals surface area contributed by atoms with Gasteiger partial charge in [-0.25, -0.2) is 0 Å². The van der Waals surface area contributed by atoms with Crippen LogP contribution in [0.15, 0.2) is 59.6 Å². The van der Waals surface area contributed by atoms with Crippen molar-refractivity contribution in [3.8, 4) is 0 Å². The lowest BCUT2D eigenvalue weighted by atomic mass is 9.51. The zero-order chi connectivity index (χ0) is 20.5. The molecule has 2 bridgehead atoms. The molecule has 1 saturated heterocycles. The van der Waals surface area contributed by atoms with Crippen LogP contribution in [0, 0.1) is 22.0 Å². The van der Waals surface area contributed by atoms with Gasteiger partial charge in [-0.3, -0.25) is 24.6 Å². The summed E-state index contributed by atoms with van der Waals surface area (Å²) in [5.74, 6) is -3.10. The van der Waals surface area contributed by atoms with Crippen LogP contribution in [0.1, 0.15) is 35.1 Å². The van der Waals surface area contributed by atoms with E-state index in [0.29, 0.717) is 16.2 Å². The third-order valence-electron chi connectivity index (χ3n) is 6.51. The fraction of sp³-hybridized carbons (Fsp3) is 0.273. The average molecular weight is 409 g/mol. The van der Waals surface area contributed by atoms with Crippen molar-refractivity contribution in [1.29, 1.82) is 0 Å². The van der Waals surface area contributed by atoms with Crippen molar-refractivity contribution in [3.05, 3.63) is 92.0 Å². The minimum Gasteiger partial charge on any atom is -0.278 e. The van der Waals surface area contributed by atoms with Crippen molar-refractivity contribution in [2.45, 2.75) is 18.4 Å². The Balaban J connectivity index is 1.82. The molecule has 6 rings (SSSR count). The lowest BCUT2D eigenvalue weighted by Crippen LogP contribution is -2.57. The molecule has 6 nitrogen and oxygen atoms in total. The fourth-order valence-corrected chi connectivity index (χ4v) is 5.57. The average Bonchev–Trinajstić information content (AvgIpc) is 2.97. The SMILES string of the molecule is C/C(Cl)=C/CN1C(=O)C2C3c4ccccc4C([N+](=O)[O-])(c4ccccc43)C2C1=O. The minimum atomic E-state index is -1.77. The van der Waals surface area contributed by atoms with E-state index in [0.717, 1.165) is 16.0 Å². The summed E-state index contributed by atoms with van der Waals surface area (Å²) >= 11 is 5.90. The van der Waals surface area contributed by atoms with Crippen molar-refractivity contribution < 1.29 is 14.5 Å². The molecule has 2 aromatic rings. The second kappa shape index (κ2) is 6.00. The number of hydrogen-bond donors (Lipinski definition) is 0. The van der Waals surface area contributed by atoms with Crippen LogP contribution in [0.4, 0.5) is 0 Å². The third kappa shape index (κ3) is 2.07. The number of carbonyl (C=O) groups is 2. The normalized spacial score (nSPS) is 29.5. The number of amides is 2. The molecule has 0 N–H and O–H groups in total. The molecule has 29 heavy (non-hydrogen) atoms. The highest BCUT2D eigenvalue weighted by molar-refractivity contribution is 6.29. The number of benzene rings is 2. The van der Waals surface area contributed by atoms with Gasteiger partial charge >= 0.3 is 0 Å². The Hall–Kier alpha value is -2.99. The van der Waals surface area contributed by atoms with E-state index in [-0.39, 0.29) is 23.3 Å². The number of allylic oxidation sites excluding steroid dienone is 1. The van der Waals surface area contributed by atoms with Crippen LogP contribution in [0.25, 0.3) is 0 Å². The number of carbonyl (C=O) groups excluding carboxylic acids is 2. The van der Waals surface area contributed by atoms with Gasteiger partial charge in [0.1, 0.15) is 5.92 Å². The zero-order valence-electron chi connectivity index (χ0n) is 15.5. The first kappa shape index (κ1) is 18.1. The van der Waals surface area contributed by atoms with E-state index < -0.39 is 23.3 Å². The van der Waals surface area contributed by atoms with Gasteiger partial charge in [-0.1, -0.05) is 66.2 Å². The van der Waals surface area contributed by atoms with E-state index >= 15 is 0 Å². The van der Waals surface area contributed by atoms with Gasteiger partial charge < -0.3 is 0 Å². The van der Waals surface area contributed by atoms with Crippen LogP contribution in [-0.2, 0) is 15.1 Å². The topological polar surface area (TPSA) is 80.5 Å². The number of halogens is 1. The molecule has 0 saturated carbocycles. The molecule has 2 unspecified atom stereocenters. The summed E-state index contributed by atoms with van der Waals surface area (Å²) < 4.78 is 0. The van der Waals surface area contributed by atoms with Crippen molar-refractivity contribution in [1.82, 2.24) is 4.90 Å². The van der Waals surface area contributed by atoms with Gasteiger partial charge in [-0.15, -0.1) is 0 Å². The van der Waals surface area contributed by atoms with Crippen LogP contribution >= 0.6 is 11.6 Å². The van der Waals surface area contributed by atoms with Crippen molar-refractivity contribution >= 4 is 23.4 Å². The number of nitro groups is 1. The van der Waals surface area contributed by atoms with Crippen molar-refractivity contribution in [3.63, 3.8) is 0 Å². The largest absolute Gasteiger partial charge is 0.284 e. The molecule has 2 aromatic carbocycles. The second-order valence-electron chi connectivity index (χ2n) is 7.76. The number of likely N-dealkylation sites (tertiary alicyclic amines) is 1. The van der Waals surface area contributed by atoms with Crippen LogP contribution in [0.3, 0.4) is 0 Å². The predicted octanol–water partition coefficient (Wildman–Crippen LogP) is 3.41. The summed E-state index contributed by atoms with van der Waals surface area (Å²) in [4.78, 5) is 40.2. The minimum absolute atomic E-state index is 0.0210. The Bertz CT molecular complexity index is 1070. The molecule has 3 aliphatic carbocycles. The number of rotatable bonds is 3. The molecule has 0 spiro atoms. The third-order valence-corrected chi connectivity index (χ3v) is 6.66. The van der Waals surface area contributed by atoms with Gasteiger partial charge in [0.15, 0.2) is 0 Å². The van der Waals surface area contributed by atoms with Gasteiger partial charge in [-0.2, -0.15) is 0 Å². The van der Waals surface area contributed by atoms with Gasteiger partial charge in [0, 0.05) is 33.5 Å². The maximum atomic E-state index is 13.4. The summed E-state index contributed by atoms with van der Waals surface area (Å²) in [6.07, 6.45) is 1.58. The first-order valence-electron chi connectivity index (χ1n) is 9.41. The van der Waals surface area contributed by atoms with Gasteiger partial charge in [0.2, 0.25) is 11.8 Å². The highest BCUT2D eigenvalue weighted by atomic mass is 35.5. The zero-order valence-corrected chi connectivity index (χ0v) is 16.3. The van der Waals surface area contributed by atoms with E-state index in [2.05, 4.69) is 0 Å². The summed E-state index contributed by atoms with van der Waals surface area (Å²) in [5, 5.41) is 13.2. The molecule has 1 heterocycles. The Morgan fingerprint density at radius 3 is 2.17 bits per heavy atom. The standard InChI is InChI=1S/C22H17ClN2O4/c1-12(23)10-11-24-20(26)18-17-13-6-2-4-8-15(13)22(25(28)29,19(18)21(24)27)16-9-5-3-7-14(16)17/h2-10,17-19H,11H2,1H3/b12-10-. The summed E-state index contributed by atoms with van der Waals surface area (Å²) in [6.45, 7) is 1.68. The molecule has 1 aliphatic heterocycles. The second-order valence-corrected chi connectivity index (χ2v) is 8.35. The Morgan fingerprint density at radius 2 is 1.66 bits per heavy atom. The monoisotopic (exact) mass is 408 g/mol. The van der Waals surface area contributed by atoms with E-state index in [1.807, 2.05) is 24.3 Å². The molecule has 0 radical (unpaired) electrons. The Labute approximate surface area is 171 Å². The van der Waals surface area contributed by atoms with E-state index in [9.17, 15) is 19.7 Å². The quantitative estimate of drug-likeness (QED) is 0.443. The van der Waals surface area contributed by atoms with E-state index in [1.54, 1.807) is 37.3 Å². The van der Waals surface area contributed by atoms with E-state index in [1.165, 1.54) is 0 Å². The van der Waals surface area contributed by atoms with Crippen LogP contribution in [-0.4, -0.2) is 28.2 Å². The lowest BCUT2D eigenvalue weighted by Gasteiger charge is -2.48. The van der Waals surface area contributed by atoms with Crippen LogP contribution in [0.5, 0.6) is 0 Å². The number of hydrogen-bond acceptors (Lipinski definition) is 4. The first-order chi connectivity index (χ1) is 13.9. The molecular weight excluding hydrogens is 392 g/mol.